The van der Waals surface area contributed by atoms with Crippen LogP contribution in [0.1, 0.15) is 36.5 Å². The molecule has 0 radical (unpaired) electrons. The number of aryl methyl sites for hydroxylation is 1. The first-order valence-corrected chi connectivity index (χ1v) is 7.80. The number of nitrogens with zero attached hydrogens (tertiary/aromatic N) is 2. The van der Waals surface area contributed by atoms with E-state index in [1.165, 1.54) is 6.20 Å². The molecule has 2 N–H and O–H groups in total. The largest absolute Gasteiger partial charge is 0.480 e. The lowest BCUT2D eigenvalue weighted by Gasteiger charge is -2.15. The van der Waals surface area contributed by atoms with Gasteiger partial charge in [0.05, 0.1) is 18.0 Å². The van der Waals surface area contributed by atoms with Crippen LogP contribution in [0.3, 0.4) is 0 Å². The second kappa shape index (κ2) is 8.14. The number of unbranched alkanes of at least 4 members (excludes halogenated alkanes) is 1. The van der Waals surface area contributed by atoms with Crippen molar-refractivity contribution >= 4 is 11.9 Å². The van der Waals surface area contributed by atoms with Crippen LogP contribution in [0.25, 0.3) is 0 Å². The fraction of sp³-hybridized carbons (Fsp3) is 0.353. The molecule has 0 saturated heterocycles. The molecule has 1 aromatic heterocycles. The molecule has 7 heteroatoms. The fourth-order valence-corrected chi connectivity index (χ4v) is 2.22. The van der Waals surface area contributed by atoms with Crippen LogP contribution >= 0.6 is 0 Å². The van der Waals surface area contributed by atoms with Crippen LogP contribution in [0.5, 0.6) is 11.5 Å². The third-order valence-electron chi connectivity index (χ3n) is 3.49. The number of carboxylic acid groups (broad SMARTS) is 1. The molecular formula is C17H21N3O4. The van der Waals surface area contributed by atoms with Crippen LogP contribution in [-0.4, -0.2) is 32.8 Å². The topological polar surface area (TPSA) is 93.5 Å². The predicted molar refractivity (Wildman–Crippen MR) is 88.1 cm³/mol. The van der Waals surface area contributed by atoms with Gasteiger partial charge in [-0.2, -0.15) is 5.10 Å². The summed E-state index contributed by atoms with van der Waals surface area (Å²) in [4.78, 5) is 23.8. The summed E-state index contributed by atoms with van der Waals surface area (Å²) in [5.41, 5.74) is 0.282. The van der Waals surface area contributed by atoms with E-state index in [2.05, 4.69) is 10.4 Å². The minimum atomic E-state index is -1.04. The first kappa shape index (κ1) is 17.5. The maximum Gasteiger partial charge on any atom is 0.326 e. The lowest BCUT2D eigenvalue weighted by atomic mass is 10.1. The molecule has 0 unspecified atom stereocenters. The average Bonchev–Trinajstić information content (AvgIpc) is 2.96. The smallest absolute Gasteiger partial charge is 0.326 e. The van der Waals surface area contributed by atoms with E-state index in [1.54, 1.807) is 42.2 Å². The SMILES string of the molecule is CCCC[C@H](NC(=O)c1ccccc1Oc1cnn(C)c1)C(=O)O. The predicted octanol–water partition coefficient (Wildman–Crippen LogP) is 2.59. The first-order valence-electron chi connectivity index (χ1n) is 7.80. The van der Waals surface area contributed by atoms with Crippen molar-refractivity contribution in [2.75, 3.05) is 0 Å². The van der Waals surface area contributed by atoms with E-state index in [9.17, 15) is 14.7 Å². The standard InChI is InChI=1S/C17H21N3O4/c1-3-4-8-14(17(22)23)19-16(21)13-7-5-6-9-15(13)24-12-10-18-20(2)11-12/h5-7,9-11,14H,3-4,8H2,1-2H3,(H,19,21)(H,22,23)/t14-/m0/s1. The third-order valence-corrected chi connectivity index (χ3v) is 3.49. The zero-order valence-corrected chi connectivity index (χ0v) is 13.7. The average molecular weight is 331 g/mol. The Hall–Kier alpha value is -2.83. The lowest BCUT2D eigenvalue weighted by Crippen LogP contribution is -2.40. The van der Waals surface area contributed by atoms with Crippen LogP contribution in [0.2, 0.25) is 0 Å². The number of aliphatic carboxylic acids is 1. The zero-order valence-electron chi connectivity index (χ0n) is 13.7. The Bertz CT molecular complexity index is 711. The molecule has 128 valence electrons. The fourth-order valence-electron chi connectivity index (χ4n) is 2.22. The number of carbonyl (C=O) groups excluding carboxylic acids is 1. The number of amides is 1. The van der Waals surface area contributed by atoms with Crippen LogP contribution in [0, 0.1) is 0 Å². The van der Waals surface area contributed by atoms with Crippen molar-refractivity contribution in [2.24, 2.45) is 7.05 Å². The normalized spacial score (nSPS) is 11.8. The number of carboxylic acids is 1. The summed E-state index contributed by atoms with van der Waals surface area (Å²) in [5, 5.41) is 15.8. The molecule has 0 saturated carbocycles. The first-order chi connectivity index (χ1) is 11.5. The molecule has 24 heavy (non-hydrogen) atoms. The van der Waals surface area contributed by atoms with Crippen LogP contribution < -0.4 is 10.1 Å². The maximum atomic E-state index is 12.5. The van der Waals surface area contributed by atoms with Crippen molar-refractivity contribution in [1.29, 1.82) is 0 Å². The molecule has 0 spiro atoms. The highest BCUT2D eigenvalue weighted by Gasteiger charge is 2.22. The van der Waals surface area contributed by atoms with Gasteiger partial charge in [0.25, 0.3) is 5.91 Å². The summed E-state index contributed by atoms with van der Waals surface area (Å²) in [5.74, 6) is -0.665. The number of nitrogens with one attached hydrogen (secondary N) is 1. The quantitative estimate of drug-likeness (QED) is 0.775. The second-order valence-electron chi connectivity index (χ2n) is 5.45. The number of para-hydroxylation sites is 1. The summed E-state index contributed by atoms with van der Waals surface area (Å²) >= 11 is 0. The van der Waals surface area contributed by atoms with Crippen LogP contribution in [0.15, 0.2) is 36.7 Å². The molecule has 1 aromatic carbocycles. The van der Waals surface area contributed by atoms with Crippen molar-refractivity contribution in [3.8, 4) is 11.5 Å². The van der Waals surface area contributed by atoms with Gasteiger partial charge < -0.3 is 15.2 Å². The van der Waals surface area contributed by atoms with E-state index in [0.29, 0.717) is 17.9 Å². The van der Waals surface area contributed by atoms with Gasteiger partial charge in [0.1, 0.15) is 11.8 Å². The highest BCUT2D eigenvalue weighted by molar-refractivity contribution is 5.99. The molecule has 0 bridgehead atoms. The molecule has 2 aromatic rings. The molecular weight excluding hydrogens is 310 g/mol. The summed E-state index contributed by atoms with van der Waals surface area (Å²) < 4.78 is 7.27. The Morgan fingerprint density at radius 2 is 2.12 bits per heavy atom. The number of rotatable bonds is 8. The Labute approximate surface area is 140 Å². The molecule has 2 rings (SSSR count). The minimum Gasteiger partial charge on any atom is -0.480 e. The van der Waals surface area contributed by atoms with Gasteiger partial charge in [-0.1, -0.05) is 31.9 Å². The molecule has 0 fully saturated rings. The van der Waals surface area contributed by atoms with E-state index in [-0.39, 0.29) is 5.56 Å². The van der Waals surface area contributed by atoms with Crippen LogP contribution in [0.4, 0.5) is 0 Å². The van der Waals surface area contributed by atoms with Gasteiger partial charge in [0.15, 0.2) is 5.75 Å². The molecule has 1 heterocycles. The molecule has 0 aliphatic rings. The Morgan fingerprint density at radius 1 is 1.38 bits per heavy atom. The van der Waals surface area contributed by atoms with Gasteiger partial charge in [-0.05, 0) is 18.6 Å². The highest BCUT2D eigenvalue weighted by atomic mass is 16.5. The van der Waals surface area contributed by atoms with Crippen molar-refractivity contribution in [3.05, 3.63) is 42.2 Å². The highest BCUT2D eigenvalue weighted by Crippen LogP contribution is 2.24. The monoisotopic (exact) mass is 331 g/mol. The van der Waals surface area contributed by atoms with E-state index in [1.807, 2.05) is 6.92 Å². The Balaban J connectivity index is 2.15. The molecule has 0 aliphatic heterocycles. The third kappa shape index (κ3) is 4.58. The lowest BCUT2D eigenvalue weighted by molar-refractivity contribution is -0.139. The Kier molecular flexibility index (Phi) is 5.95. The number of ether oxygens (including phenoxy) is 1. The van der Waals surface area contributed by atoms with Gasteiger partial charge >= 0.3 is 5.97 Å². The number of aromatic nitrogens is 2. The number of carbonyl (C=O) groups is 2. The second-order valence-corrected chi connectivity index (χ2v) is 5.45. The summed E-state index contributed by atoms with van der Waals surface area (Å²) in [7, 11) is 1.76. The zero-order chi connectivity index (χ0) is 17.5. The number of hydrogen-bond acceptors (Lipinski definition) is 4. The maximum absolute atomic E-state index is 12.5. The summed E-state index contributed by atoms with van der Waals surface area (Å²) in [6, 6.07) is 5.79. The van der Waals surface area contributed by atoms with E-state index < -0.39 is 17.9 Å². The number of benzene rings is 1. The van der Waals surface area contributed by atoms with Gasteiger partial charge in [0.2, 0.25) is 0 Å². The van der Waals surface area contributed by atoms with Crippen molar-refractivity contribution in [3.63, 3.8) is 0 Å². The van der Waals surface area contributed by atoms with Gasteiger partial charge in [-0.15, -0.1) is 0 Å². The Morgan fingerprint density at radius 3 is 2.75 bits per heavy atom. The molecule has 1 amide bonds. The van der Waals surface area contributed by atoms with Crippen molar-refractivity contribution < 1.29 is 19.4 Å². The molecule has 0 aliphatic carbocycles. The van der Waals surface area contributed by atoms with Gasteiger partial charge in [0, 0.05) is 7.05 Å². The minimum absolute atomic E-state index is 0.282. The van der Waals surface area contributed by atoms with E-state index in [4.69, 9.17) is 4.74 Å². The van der Waals surface area contributed by atoms with Gasteiger partial charge in [-0.25, -0.2) is 4.79 Å². The summed E-state index contributed by atoms with van der Waals surface area (Å²) in [6.45, 7) is 1.97. The van der Waals surface area contributed by atoms with Crippen molar-refractivity contribution in [1.82, 2.24) is 15.1 Å². The van der Waals surface area contributed by atoms with Crippen molar-refractivity contribution in [2.45, 2.75) is 32.2 Å². The molecule has 7 nitrogen and oxygen atoms in total. The van der Waals surface area contributed by atoms with E-state index in [0.717, 1.165) is 12.8 Å². The number of hydrogen-bond donors (Lipinski definition) is 2. The molecule has 1 atom stereocenters. The summed E-state index contributed by atoms with van der Waals surface area (Å²) in [6.07, 6.45) is 5.20. The van der Waals surface area contributed by atoms with Gasteiger partial charge in [-0.3, -0.25) is 9.48 Å². The van der Waals surface area contributed by atoms with Crippen LogP contribution in [-0.2, 0) is 11.8 Å². The van der Waals surface area contributed by atoms with E-state index >= 15 is 0 Å².